The van der Waals surface area contributed by atoms with Gasteiger partial charge in [-0.3, -0.25) is 0 Å². The van der Waals surface area contributed by atoms with E-state index >= 15 is 0 Å². The molecule has 0 heterocycles. The van der Waals surface area contributed by atoms with Crippen LogP contribution in [-0.4, -0.2) is 0 Å². The van der Waals surface area contributed by atoms with E-state index in [1.54, 1.807) is 55.7 Å². The van der Waals surface area contributed by atoms with E-state index in [0.29, 0.717) is 23.7 Å². The molecule has 0 aliphatic heterocycles. The van der Waals surface area contributed by atoms with Gasteiger partial charge in [-0.25, -0.2) is 0 Å². The zero-order valence-corrected chi connectivity index (χ0v) is 25.9. The molecule has 0 bridgehead atoms. The lowest BCUT2D eigenvalue weighted by molar-refractivity contribution is 0.659. The van der Waals surface area contributed by atoms with E-state index < -0.39 is 0 Å². The first kappa shape index (κ1) is 27.9. The number of benzene rings is 2. The molecule has 0 fully saturated rings. The van der Waals surface area contributed by atoms with Crippen LogP contribution in [0.3, 0.4) is 0 Å². The first-order chi connectivity index (χ1) is 17.3. The molecule has 2 aliphatic carbocycles. The molecule has 0 aromatic heterocycles. The molecule has 0 amide bonds. The summed E-state index contributed by atoms with van der Waals surface area (Å²) in [6.45, 7) is 28.8. The molecule has 0 N–H and O–H groups in total. The van der Waals surface area contributed by atoms with Gasteiger partial charge in [0.05, 0.1) is 0 Å². The Morgan fingerprint density at radius 3 is 1.19 bits per heavy atom. The molecule has 2 aliphatic rings. The van der Waals surface area contributed by atoms with E-state index in [4.69, 9.17) is 0 Å². The molecule has 37 heavy (non-hydrogen) atoms. The van der Waals surface area contributed by atoms with Gasteiger partial charge in [-0.1, -0.05) is 118 Å². The van der Waals surface area contributed by atoms with Gasteiger partial charge < -0.3 is 0 Å². The third kappa shape index (κ3) is 4.68. The summed E-state index contributed by atoms with van der Waals surface area (Å²) >= 11 is 0. The van der Waals surface area contributed by atoms with E-state index in [0.717, 1.165) is 25.7 Å². The summed E-state index contributed by atoms with van der Waals surface area (Å²) < 4.78 is 0. The van der Waals surface area contributed by atoms with Crippen LogP contribution >= 0.6 is 0 Å². The Balaban J connectivity index is 2.00. The molecule has 0 nitrogen and oxygen atoms in total. The lowest BCUT2D eigenvalue weighted by Crippen LogP contribution is -2.20. The highest BCUT2D eigenvalue weighted by atomic mass is 14.5. The van der Waals surface area contributed by atoms with Crippen molar-refractivity contribution in [2.75, 3.05) is 0 Å². The van der Waals surface area contributed by atoms with E-state index in [2.05, 4.69) is 107 Å². The van der Waals surface area contributed by atoms with Gasteiger partial charge in [0.15, 0.2) is 0 Å². The Labute approximate surface area is 228 Å². The Kier molecular flexibility index (Phi) is 7.73. The quantitative estimate of drug-likeness (QED) is 0.341. The van der Waals surface area contributed by atoms with Crippen molar-refractivity contribution in [3.05, 3.63) is 79.9 Å². The summed E-state index contributed by atoms with van der Waals surface area (Å²) in [7, 11) is 0. The van der Waals surface area contributed by atoms with Crippen LogP contribution in [0.2, 0.25) is 0 Å². The van der Waals surface area contributed by atoms with Crippen LogP contribution in [0.1, 0.15) is 164 Å². The molecule has 0 unspecified atom stereocenters. The molecule has 200 valence electrons. The molecule has 0 saturated carbocycles. The van der Waals surface area contributed by atoms with Gasteiger partial charge in [-0.2, -0.15) is 0 Å². The largest absolute Gasteiger partial charge is 0.0616 e. The molecule has 0 saturated heterocycles. The standard InChI is InChI=1S/C37H52/c1-13-25-15-29-17-27(21(3)4)19-31(23(7)8)33(29)35(25)37(11,12)36-26(14-2)16-30-18-28(22(5)6)20-32(24(9)10)34(30)36/h17-24H,13-16H2,1-12H3. The Hall–Kier alpha value is -2.08. The first-order valence-corrected chi connectivity index (χ1v) is 15.1. The van der Waals surface area contributed by atoms with E-state index in [9.17, 15) is 0 Å². The van der Waals surface area contributed by atoms with E-state index in [1.165, 1.54) is 11.1 Å². The second-order valence-corrected chi connectivity index (χ2v) is 13.6. The molecule has 0 radical (unpaired) electrons. The van der Waals surface area contributed by atoms with Crippen molar-refractivity contribution >= 4 is 11.1 Å². The number of rotatable bonds is 8. The summed E-state index contributed by atoms with van der Waals surface area (Å²) in [4.78, 5) is 0. The minimum absolute atomic E-state index is 0.0286. The summed E-state index contributed by atoms with van der Waals surface area (Å²) in [5.41, 5.74) is 19.0. The molecule has 2 aromatic rings. The van der Waals surface area contributed by atoms with Gasteiger partial charge in [0.1, 0.15) is 0 Å². The van der Waals surface area contributed by atoms with Crippen molar-refractivity contribution < 1.29 is 0 Å². The lowest BCUT2D eigenvalue weighted by atomic mass is 9.68. The molecular weight excluding hydrogens is 444 g/mol. The second kappa shape index (κ2) is 10.2. The van der Waals surface area contributed by atoms with Gasteiger partial charge in [0.2, 0.25) is 0 Å². The Morgan fingerprint density at radius 1 is 0.568 bits per heavy atom. The molecule has 0 heteroatoms. The fourth-order valence-corrected chi connectivity index (χ4v) is 7.20. The SMILES string of the molecule is CCC1=C(C(C)(C)C2=C(CC)Cc3cc(C(C)C)cc(C(C)C)c32)c2c(cc(C(C)C)cc2C(C)C)C1. The molecule has 4 rings (SSSR count). The fourth-order valence-electron chi connectivity index (χ4n) is 7.20. The summed E-state index contributed by atoms with van der Waals surface area (Å²) in [6.07, 6.45) is 4.51. The van der Waals surface area contributed by atoms with Crippen molar-refractivity contribution in [1.29, 1.82) is 0 Å². The predicted octanol–water partition coefficient (Wildman–Crippen LogP) is 11.3. The predicted molar refractivity (Wildman–Crippen MR) is 165 cm³/mol. The molecule has 0 spiro atoms. The van der Waals surface area contributed by atoms with Crippen molar-refractivity contribution in [2.24, 2.45) is 5.41 Å². The normalized spacial score (nSPS) is 15.8. The highest BCUT2D eigenvalue weighted by Crippen LogP contribution is 2.58. The molecular formula is C37H52. The van der Waals surface area contributed by atoms with Crippen molar-refractivity contribution in [3.63, 3.8) is 0 Å². The second-order valence-electron chi connectivity index (χ2n) is 13.6. The monoisotopic (exact) mass is 496 g/mol. The van der Waals surface area contributed by atoms with Gasteiger partial charge in [0.25, 0.3) is 0 Å². The summed E-state index contributed by atoms with van der Waals surface area (Å²) in [6, 6.07) is 10.2. The lowest BCUT2D eigenvalue weighted by Gasteiger charge is -2.35. The van der Waals surface area contributed by atoms with Crippen LogP contribution in [0.25, 0.3) is 11.1 Å². The minimum Gasteiger partial charge on any atom is -0.0616 e. The summed E-state index contributed by atoms with van der Waals surface area (Å²) in [5.74, 6) is 2.16. The van der Waals surface area contributed by atoms with Crippen LogP contribution in [0.4, 0.5) is 0 Å². The third-order valence-corrected chi connectivity index (χ3v) is 9.24. The van der Waals surface area contributed by atoms with Gasteiger partial charge in [-0.15, -0.1) is 0 Å². The van der Waals surface area contributed by atoms with Crippen LogP contribution in [0.15, 0.2) is 35.4 Å². The van der Waals surface area contributed by atoms with E-state index in [1.807, 2.05) is 0 Å². The third-order valence-electron chi connectivity index (χ3n) is 9.24. The molecule has 2 aromatic carbocycles. The van der Waals surface area contributed by atoms with Gasteiger partial charge in [-0.05, 0) is 105 Å². The van der Waals surface area contributed by atoms with E-state index in [-0.39, 0.29) is 5.41 Å². The number of allylic oxidation sites excluding steroid dienone is 4. The summed E-state index contributed by atoms with van der Waals surface area (Å²) in [5, 5.41) is 0. The maximum absolute atomic E-state index is 2.55. The van der Waals surface area contributed by atoms with Crippen molar-refractivity contribution in [1.82, 2.24) is 0 Å². The highest BCUT2D eigenvalue weighted by molar-refractivity contribution is 5.95. The first-order valence-electron chi connectivity index (χ1n) is 15.1. The molecule has 0 atom stereocenters. The average molecular weight is 497 g/mol. The van der Waals surface area contributed by atoms with Gasteiger partial charge in [0, 0.05) is 5.41 Å². The fraction of sp³-hybridized carbons (Fsp3) is 0.568. The topological polar surface area (TPSA) is 0 Å². The van der Waals surface area contributed by atoms with Gasteiger partial charge >= 0.3 is 0 Å². The zero-order valence-electron chi connectivity index (χ0n) is 25.9. The maximum Gasteiger partial charge on any atom is 0.0158 e. The number of fused-ring (bicyclic) bond motifs is 2. The van der Waals surface area contributed by atoms with Crippen molar-refractivity contribution in [2.45, 2.75) is 132 Å². The number of hydrogen-bond acceptors (Lipinski definition) is 0. The van der Waals surface area contributed by atoms with Crippen molar-refractivity contribution in [3.8, 4) is 0 Å². The van der Waals surface area contributed by atoms with Crippen LogP contribution in [-0.2, 0) is 12.8 Å². The average Bonchev–Trinajstić information content (AvgIpc) is 3.41. The maximum atomic E-state index is 2.55. The Morgan fingerprint density at radius 2 is 0.919 bits per heavy atom. The smallest absolute Gasteiger partial charge is 0.0158 e. The van der Waals surface area contributed by atoms with Crippen LogP contribution in [0.5, 0.6) is 0 Å². The minimum atomic E-state index is -0.0286. The number of hydrogen-bond donors (Lipinski definition) is 0. The zero-order chi connectivity index (χ0) is 27.4. The Bertz CT molecular complexity index is 1160. The van der Waals surface area contributed by atoms with Crippen LogP contribution < -0.4 is 0 Å². The highest BCUT2D eigenvalue weighted by Gasteiger charge is 2.42. The van der Waals surface area contributed by atoms with Crippen LogP contribution in [0, 0.1) is 5.41 Å².